The molecule has 0 saturated carbocycles. The van der Waals surface area contributed by atoms with E-state index in [9.17, 15) is 5.26 Å². The molecule has 0 unspecified atom stereocenters. The zero-order valence-corrected chi connectivity index (χ0v) is 11.3. The lowest BCUT2D eigenvalue weighted by atomic mass is 10.1. The van der Waals surface area contributed by atoms with Crippen molar-refractivity contribution in [1.82, 2.24) is 14.8 Å². The van der Waals surface area contributed by atoms with Gasteiger partial charge in [-0.25, -0.2) is 4.68 Å². The highest BCUT2D eigenvalue weighted by molar-refractivity contribution is 9.10. The Kier molecular flexibility index (Phi) is 2.69. The molecule has 0 aliphatic rings. The third-order valence-electron chi connectivity index (χ3n) is 2.79. The van der Waals surface area contributed by atoms with Crippen LogP contribution in [0, 0.1) is 11.3 Å². The molecule has 0 saturated heterocycles. The zero-order valence-electron chi connectivity index (χ0n) is 9.71. The van der Waals surface area contributed by atoms with E-state index in [1.165, 1.54) is 0 Å². The molecular weight excluding hydrogens is 306 g/mol. The van der Waals surface area contributed by atoms with Gasteiger partial charge < -0.3 is 5.73 Å². The number of pyridine rings is 1. The van der Waals surface area contributed by atoms with Crippen LogP contribution in [0.3, 0.4) is 0 Å². The molecule has 0 atom stereocenters. The maximum absolute atomic E-state index is 9.24. The van der Waals surface area contributed by atoms with Crippen LogP contribution in [0.25, 0.3) is 16.6 Å². The highest BCUT2D eigenvalue weighted by atomic mass is 79.9. The summed E-state index contributed by atoms with van der Waals surface area (Å²) in [6.45, 7) is 0. The molecule has 1 aromatic carbocycles. The number of nitrogen functional groups attached to an aromatic ring is 1. The topological polar surface area (TPSA) is 80.5 Å². The number of hydrogen-bond acceptors (Lipinski definition) is 4. The van der Waals surface area contributed by atoms with E-state index < -0.39 is 0 Å². The molecule has 3 aromatic rings. The summed E-state index contributed by atoms with van der Waals surface area (Å²) in [6, 6.07) is 9.73. The van der Waals surface area contributed by atoms with Gasteiger partial charge in [0.1, 0.15) is 6.07 Å². The lowest BCUT2D eigenvalue weighted by molar-refractivity contribution is 0.888. The van der Waals surface area contributed by atoms with Crippen molar-refractivity contribution >= 4 is 32.7 Å². The number of halogens is 1. The first-order valence-electron chi connectivity index (χ1n) is 5.49. The molecule has 0 amide bonds. The van der Waals surface area contributed by atoms with E-state index in [4.69, 9.17) is 5.73 Å². The SMILES string of the molecule is N#Cc1cnc2ccccc2c1-n1cc(Br)c(N)n1. The molecule has 0 bridgehead atoms. The Bertz CT molecular complexity index is 796. The molecule has 0 fully saturated rings. The quantitative estimate of drug-likeness (QED) is 0.749. The van der Waals surface area contributed by atoms with Gasteiger partial charge in [0.2, 0.25) is 0 Å². The number of aromatic nitrogens is 3. The van der Waals surface area contributed by atoms with E-state index in [2.05, 4.69) is 32.1 Å². The summed E-state index contributed by atoms with van der Waals surface area (Å²) in [5.41, 5.74) is 7.68. The fraction of sp³-hybridized carbons (Fsp3) is 0. The molecule has 0 spiro atoms. The van der Waals surface area contributed by atoms with Crippen LogP contribution in [-0.4, -0.2) is 14.8 Å². The molecule has 0 aliphatic carbocycles. The molecule has 0 aliphatic heterocycles. The van der Waals surface area contributed by atoms with Crippen LogP contribution >= 0.6 is 15.9 Å². The first-order chi connectivity index (χ1) is 9.20. The van der Waals surface area contributed by atoms with E-state index in [-0.39, 0.29) is 0 Å². The Labute approximate surface area is 117 Å². The molecular formula is C13H8BrN5. The van der Waals surface area contributed by atoms with Crippen LogP contribution in [0.2, 0.25) is 0 Å². The van der Waals surface area contributed by atoms with Gasteiger partial charge in [-0.15, -0.1) is 5.10 Å². The number of rotatable bonds is 1. The minimum Gasteiger partial charge on any atom is -0.381 e. The van der Waals surface area contributed by atoms with Crippen LogP contribution in [0.4, 0.5) is 5.82 Å². The van der Waals surface area contributed by atoms with Crippen molar-refractivity contribution in [2.45, 2.75) is 0 Å². The molecule has 6 heteroatoms. The van der Waals surface area contributed by atoms with Crippen molar-refractivity contribution in [1.29, 1.82) is 5.26 Å². The molecule has 0 radical (unpaired) electrons. The standard InChI is InChI=1S/C13H8BrN5/c14-10-7-19(18-13(10)16)12-8(5-15)6-17-11-4-2-1-3-9(11)12/h1-4,6-7H,(H2,16,18). The van der Waals surface area contributed by atoms with Crippen molar-refractivity contribution in [3.8, 4) is 11.8 Å². The Morgan fingerprint density at radius 2 is 2.11 bits per heavy atom. The average Bonchev–Trinajstić information content (AvgIpc) is 2.77. The first kappa shape index (κ1) is 11.7. The Balaban J connectivity index is 2.41. The number of hydrogen-bond donors (Lipinski definition) is 1. The largest absolute Gasteiger partial charge is 0.381 e. The van der Waals surface area contributed by atoms with Crippen LogP contribution in [0.5, 0.6) is 0 Å². The maximum Gasteiger partial charge on any atom is 0.160 e. The normalized spacial score (nSPS) is 10.5. The summed E-state index contributed by atoms with van der Waals surface area (Å²) in [5.74, 6) is 0.379. The van der Waals surface area contributed by atoms with Crippen molar-refractivity contribution in [3.63, 3.8) is 0 Å². The van der Waals surface area contributed by atoms with Gasteiger partial charge in [0, 0.05) is 17.8 Å². The predicted molar refractivity (Wildman–Crippen MR) is 75.7 cm³/mol. The fourth-order valence-corrected chi connectivity index (χ4v) is 2.21. The summed E-state index contributed by atoms with van der Waals surface area (Å²) in [5, 5.41) is 14.3. The lowest BCUT2D eigenvalue weighted by Gasteiger charge is -2.07. The van der Waals surface area contributed by atoms with E-state index in [0.29, 0.717) is 21.5 Å². The minimum absolute atomic E-state index is 0.379. The summed E-state index contributed by atoms with van der Waals surface area (Å²) in [7, 11) is 0. The van der Waals surface area contributed by atoms with Gasteiger partial charge in [0.25, 0.3) is 0 Å². The number of nitrogens with two attached hydrogens (primary N) is 1. The van der Waals surface area contributed by atoms with Crippen LogP contribution in [-0.2, 0) is 0 Å². The van der Waals surface area contributed by atoms with E-state index in [1.54, 1.807) is 17.1 Å². The van der Waals surface area contributed by atoms with Crippen LogP contribution in [0.1, 0.15) is 5.56 Å². The number of nitrogens with zero attached hydrogens (tertiary/aromatic N) is 4. The number of fused-ring (bicyclic) bond motifs is 1. The number of nitriles is 1. The Morgan fingerprint density at radius 1 is 1.32 bits per heavy atom. The van der Waals surface area contributed by atoms with Crippen molar-refractivity contribution in [2.75, 3.05) is 5.73 Å². The summed E-state index contributed by atoms with van der Waals surface area (Å²) in [6.07, 6.45) is 3.28. The number of benzene rings is 1. The van der Waals surface area contributed by atoms with Crippen LogP contribution in [0.15, 0.2) is 41.1 Å². The zero-order chi connectivity index (χ0) is 13.4. The monoisotopic (exact) mass is 313 g/mol. The summed E-state index contributed by atoms with van der Waals surface area (Å²) >= 11 is 3.32. The van der Waals surface area contributed by atoms with Gasteiger partial charge in [-0.05, 0) is 22.0 Å². The molecule has 2 N–H and O–H groups in total. The highest BCUT2D eigenvalue weighted by Crippen LogP contribution is 2.26. The van der Waals surface area contributed by atoms with Crippen molar-refractivity contribution in [2.24, 2.45) is 0 Å². The van der Waals surface area contributed by atoms with Gasteiger partial charge >= 0.3 is 0 Å². The van der Waals surface area contributed by atoms with Crippen molar-refractivity contribution < 1.29 is 0 Å². The molecule has 19 heavy (non-hydrogen) atoms. The van der Waals surface area contributed by atoms with Gasteiger partial charge in [0.15, 0.2) is 5.82 Å². The highest BCUT2D eigenvalue weighted by Gasteiger charge is 2.13. The Hall–Kier alpha value is -2.39. The second-order valence-corrected chi connectivity index (χ2v) is 4.81. The lowest BCUT2D eigenvalue weighted by Crippen LogP contribution is -2.01. The second-order valence-electron chi connectivity index (χ2n) is 3.96. The average molecular weight is 314 g/mol. The number of para-hydroxylation sites is 1. The minimum atomic E-state index is 0.379. The van der Waals surface area contributed by atoms with E-state index >= 15 is 0 Å². The summed E-state index contributed by atoms with van der Waals surface area (Å²) in [4.78, 5) is 4.26. The van der Waals surface area contributed by atoms with Gasteiger partial charge in [0.05, 0.1) is 21.2 Å². The fourth-order valence-electron chi connectivity index (χ4n) is 1.94. The van der Waals surface area contributed by atoms with Crippen molar-refractivity contribution in [3.05, 3.63) is 46.7 Å². The van der Waals surface area contributed by atoms with Gasteiger partial charge in [-0.2, -0.15) is 5.26 Å². The van der Waals surface area contributed by atoms with E-state index in [1.807, 2.05) is 24.3 Å². The smallest absolute Gasteiger partial charge is 0.160 e. The molecule has 2 aromatic heterocycles. The molecule has 3 rings (SSSR count). The molecule has 92 valence electrons. The molecule has 2 heterocycles. The second kappa shape index (κ2) is 4.37. The van der Waals surface area contributed by atoms with E-state index in [0.717, 1.165) is 10.9 Å². The van der Waals surface area contributed by atoms with Gasteiger partial charge in [-0.1, -0.05) is 18.2 Å². The summed E-state index contributed by atoms with van der Waals surface area (Å²) < 4.78 is 2.29. The maximum atomic E-state index is 9.24. The number of anilines is 1. The third kappa shape index (κ3) is 1.84. The first-order valence-corrected chi connectivity index (χ1v) is 6.29. The third-order valence-corrected chi connectivity index (χ3v) is 3.40. The van der Waals surface area contributed by atoms with Gasteiger partial charge in [-0.3, -0.25) is 4.98 Å². The molecule has 5 nitrogen and oxygen atoms in total. The Morgan fingerprint density at radius 3 is 2.79 bits per heavy atom. The van der Waals surface area contributed by atoms with Crippen LogP contribution < -0.4 is 5.73 Å². The predicted octanol–water partition coefficient (Wildman–Crippen LogP) is 2.64.